The summed E-state index contributed by atoms with van der Waals surface area (Å²) in [5.41, 5.74) is 1.51. The molecule has 11 nitrogen and oxygen atoms in total. The SMILES string of the molecule is CC(C)(C)C1C(n2c(=O)[nH]c3nc(-c4nn(Cc5ccccc5F)c5ncccc45)ncc32)CN1C(=O)O. The largest absolute Gasteiger partial charge is 0.465 e. The molecule has 0 aliphatic carbocycles. The van der Waals surface area contributed by atoms with Crippen molar-refractivity contribution in [3.63, 3.8) is 0 Å². The Morgan fingerprint density at radius 3 is 2.71 bits per heavy atom. The van der Waals surface area contributed by atoms with Crippen molar-refractivity contribution in [2.45, 2.75) is 39.4 Å². The second-order valence-corrected chi connectivity index (χ2v) is 10.5. The Bertz CT molecular complexity index is 1770. The number of carbonyl (C=O) groups is 1. The van der Waals surface area contributed by atoms with Crippen LogP contribution >= 0.6 is 0 Å². The van der Waals surface area contributed by atoms with Gasteiger partial charge in [-0.1, -0.05) is 39.0 Å². The number of hydrogen-bond donors (Lipinski definition) is 2. The van der Waals surface area contributed by atoms with E-state index in [1.165, 1.54) is 11.0 Å². The van der Waals surface area contributed by atoms with Crippen LogP contribution in [0.3, 0.4) is 0 Å². The first-order valence-electron chi connectivity index (χ1n) is 12.2. The Balaban J connectivity index is 1.42. The molecular weight excluding hydrogens is 491 g/mol. The molecule has 1 saturated heterocycles. The van der Waals surface area contributed by atoms with Gasteiger partial charge in [0, 0.05) is 18.3 Å². The molecule has 5 aromatic rings. The number of carboxylic acid groups (broad SMARTS) is 1. The van der Waals surface area contributed by atoms with Crippen LogP contribution in [0.4, 0.5) is 9.18 Å². The monoisotopic (exact) mass is 516 g/mol. The number of likely N-dealkylation sites (tertiary alicyclic amines) is 1. The number of halogens is 1. The van der Waals surface area contributed by atoms with Gasteiger partial charge in [-0.3, -0.25) is 9.55 Å². The van der Waals surface area contributed by atoms with E-state index >= 15 is 0 Å². The predicted octanol–water partition coefficient (Wildman–Crippen LogP) is 3.67. The van der Waals surface area contributed by atoms with Crippen LogP contribution in [-0.2, 0) is 6.54 Å². The standard InChI is InChI=1S/C26H25FN8O3/c1-26(2,3)20-18(13-33(20)25(37)38)35-17-11-29-22(30-21(17)31-24(35)36)19-15-8-6-10-28-23(15)34(32-19)12-14-7-4-5-9-16(14)27/h4-11,18,20H,12-13H2,1-3H3,(H,37,38)(H,29,30,31,36). The molecule has 2 atom stereocenters. The summed E-state index contributed by atoms with van der Waals surface area (Å²) in [6.45, 7) is 6.22. The summed E-state index contributed by atoms with van der Waals surface area (Å²) in [6.07, 6.45) is 2.17. The Kier molecular flexibility index (Phi) is 5.30. The van der Waals surface area contributed by atoms with E-state index in [0.717, 1.165) is 0 Å². The fraction of sp³-hybridized carbons (Fsp3) is 0.308. The zero-order valence-electron chi connectivity index (χ0n) is 21.0. The Morgan fingerprint density at radius 1 is 1.18 bits per heavy atom. The van der Waals surface area contributed by atoms with Crippen molar-refractivity contribution in [1.82, 2.24) is 39.2 Å². The first-order chi connectivity index (χ1) is 18.1. The quantitative estimate of drug-likeness (QED) is 0.372. The highest BCUT2D eigenvalue weighted by atomic mass is 19.1. The van der Waals surface area contributed by atoms with Crippen LogP contribution in [0.5, 0.6) is 0 Å². The molecular formula is C26H25FN8O3. The normalized spacial score (nSPS) is 17.7. The van der Waals surface area contributed by atoms with E-state index in [9.17, 15) is 19.1 Å². The highest BCUT2D eigenvalue weighted by molar-refractivity contribution is 5.90. The third-order valence-electron chi connectivity index (χ3n) is 7.02. The maximum absolute atomic E-state index is 14.3. The minimum Gasteiger partial charge on any atom is -0.465 e. The van der Waals surface area contributed by atoms with Crippen LogP contribution in [-0.4, -0.2) is 63.0 Å². The average molecular weight is 517 g/mol. The number of amides is 1. The van der Waals surface area contributed by atoms with E-state index in [0.29, 0.717) is 33.5 Å². The topological polar surface area (TPSA) is 135 Å². The summed E-state index contributed by atoms with van der Waals surface area (Å²) in [7, 11) is 0. The summed E-state index contributed by atoms with van der Waals surface area (Å²) in [5, 5.41) is 14.9. The van der Waals surface area contributed by atoms with Gasteiger partial charge in [-0.15, -0.1) is 0 Å². The summed E-state index contributed by atoms with van der Waals surface area (Å²) >= 11 is 0. The van der Waals surface area contributed by atoms with Crippen molar-refractivity contribution >= 4 is 28.3 Å². The van der Waals surface area contributed by atoms with E-state index in [-0.39, 0.29) is 47.9 Å². The summed E-state index contributed by atoms with van der Waals surface area (Å²) in [5.74, 6) is -0.0550. The van der Waals surface area contributed by atoms with Gasteiger partial charge in [0.05, 0.1) is 30.2 Å². The second kappa shape index (κ2) is 8.47. The molecule has 2 unspecified atom stereocenters. The molecule has 12 heteroatoms. The number of benzene rings is 1. The average Bonchev–Trinajstić information content (AvgIpc) is 3.36. The van der Waals surface area contributed by atoms with Gasteiger partial charge in [-0.05, 0) is 23.6 Å². The van der Waals surface area contributed by atoms with Crippen LogP contribution in [0.2, 0.25) is 0 Å². The smallest absolute Gasteiger partial charge is 0.407 e. The molecule has 0 radical (unpaired) electrons. The van der Waals surface area contributed by atoms with Crippen LogP contribution in [0.1, 0.15) is 32.4 Å². The van der Waals surface area contributed by atoms with Gasteiger partial charge in [0.1, 0.15) is 17.0 Å². The number of pyridine rings is 1. The van der Waals surface area contributed by atoms with Gasteiger partial charge in [0.2, 0.25) is 0 Å². The van der Waals surface area contributed by atoms with Crippen molar-refractivity contribution in [2.24, 2.45) is 5.41 Å². The molecule has 1 amide bonds. The number of H-pyrrole nitrogens is 1. The summed E-state index contributed by atoms with van der Waals surface area (Å²) < 4.78 is 17.5. The third kappa shape index (κ3) is 3.71. The van der Waals surface area contributed by atoms with Crippen molar-refractivity contribution in [3.05, 3.63) is 70.7 Å². The number of nitrogens with one attached hydrogen (secondary N) is 1. The van der Waals surface area contributed by atoms with Crippen LogP contribution in [0.25, 0.3) is 33.7 Å². The van der Waals surface area contributed by atoms with E-state index < -0.39 is 6.09 Å². The van der Waals surface area contributed by atoms with E-state index in [1.807, 2.05) is 26.8 Å². The lowest BCUT2D eigenvalue weighted by molar-refractivity contribution is -0.0271. The number of imidazole rings is 1. The van der Waals surface area contributed by atoms with Gasteiger partial charge >= 0.3 is 11.8 Å². The molecule has 0 spiro atoms. The Hall–Kier alpha value is -4.61. The number of hydrogen-bond acceptors (Lipinski definition) is 6. The van der Waals surface area contributed by atoms with E-state index in [1.54, 1.807) is 45.9 Å². The van der Waals surface area contributed by atoms with Crippen LogP contribution in [0, 0.1) is 11.2 Å². The number of aromatic amines is 1. The zero-order chi connectivity index (χ0) is 26.8. The molecule has 6 rings (SSSR count). The maximum Gasteiger partial charge on any atom is 0.407 e. The summed E-state index contributed by atoms with van der Waals surface area (Å²) in [4.78, 5) is 42.5. The van der Waals surface area contributed by atoms with Gasteiger partial charge in [-0.25, -0.2) is 33.6 Å². The Labute approximate surface area is 215 Å². The fourth-order valence-electron chi connectivity index (χ4n) is 5.38. The molecule has 0 bridgehead atoms. The van der Waals surface area contributed by atoms with Crippen LogP contribution < -0.4 is 5.69 Å². The molecule has 194 valence electrons. The third-order valence-corrected chi connectivity index (χ3v) is 7.02. The first-order valence-corrected chi connectivity index (χ1v) is 12.2. The summed E-state index contributed by atoms with van der Waals surface area (Å²) in [6, 6.07) is 9.35. The molecule has 2 N–H and O–H groups in total. The van der Waals surface area contributed by atoms with Gasteiger partial charge < -0.3 is 10.0 Å². The van der Waals surface area contributed by atoms with Crippen molar-refractivity contribution < 1.29 is 14.3 Å². The van der Waals surface area contributed by atoms with Gasteiger partial charge in [0.25, 0.3) is 0 Å². The van der Waals surface area contributed by atoms with E-state index in [4.69, 9.17) is 0 Å². The molecule has 0 saturated carbocycles. The molecule has 1 aliphatic heterocycles. The number of rotatable bonds is 4. The maximum atomic E-state index is 14.3. The molecule has 1 fully saturated rings. The Morgan fingerprint density at radius 2 is 1.97 bits per heavy atom. The lowest BCUT2D eigenvalue weighted by atomic mass is 9.76. The minimum atomic E-state index is -1.01. The van der Waals surface area contributed by atoms with Crippen molar-refractivity contribution in [2.75, 3.05) is 6.54 Å². The van der Waals surface area contributed by atoms with Crippen LogP contribution in [0.15, 0.2) is 53.6 Å². The van der Waals surface area contributed by atoms with E-state index in [2.05, 4.69) is 25.0 Å². The zero-order valence-corrected chi connectivity index (χ0v) is 21.0. The second-order valence-electron chi connectivity index (χ2n) is 10.5. The minimum absolute atomic E-state index is 0.172. The molecule has 38 heavy (non-hydrogen) atoms. The van der Waals surface area contributed by atoms with Gasteiger partial charge in [0.15, 0.2) is 17.1 Å². The molecule has 4 aromatic heterocycles. The highest BCUT2D eigenvalue weighted by Crippen LogP contribution is 2.41. The van der Waals surface area contributed by atoms with Crippen molar-refractivity contribution in [1.29, 1.82) is 0 Å². The number of aromatic nitrogens is 7. The lowest BCUT2D eigenvalue weighted by Gasteiger charge is -2.52. The predicted molar refractivity (Wildman–Crippen MR) is 137 cm³/mol. The highest BCUT2D eigenvalue weighted by Gasteiger charge is 2.50. The van der Waals surface area contributed by atoms with Gasteiger partial charge in [-0.2, -0.15) is 5.10 Å². The fourth-order valence-corrected chi connectivity index (χ4v) is 5.38. The lowest BCUT2D eigenvalue weighted by Crippen LogP contribution is -2.64. The molecule has 1 aliphatic rings. The first kappa shape index (κ1) is 23.8. The number of nitrogens with zero attached hydrogens (tertiary/aromatic N) is 7. The van der Waals surface area contributed by atoms with Crippen molar-refractivity contribution in [3.8, 4) is 11.5 Å². The molecule has 1 aromatic carbocycles. The number of fused-ring (bicyclic) bond motifs is 2. The molecule has 5 heterocycles.